The van der Waals surface area contributed by atoms with Gasteiger partial charge in [0.05, 0.1) is 72.6 Å². The van der Waals surface area contributed by atoms with Crippen LogP contribution >= 0.6 is 34.0 Å². The number of benzene rings is 4. The molecule has 4 aliphatic rings. The average Bonchev–Trinajstić information content (AvgIpc) is 1.61. The van der Waals surface area contributed by atoms with Crippen molar-refractivity contribution in [3.63, 3.8) is 0 Å². The highest BCUT2D eigenvalue weighted by Gasteiger charge is 2.53. The van der Waals surface area contributed by atoms with E-state index in [1.54, 1.807) is 106 Å². The van der Waals surface area contributed by atoms with E-state index in [2.05, 4.69) is 36.2 Å². The summed E-state index contributed by atoms with van der Waals surface area (Å²) in [6, 6.07) is 27.3. The Labute approximate surface area is 673 Å². The number of hydrogen-bond donors (Lipinski definition) is 7. The monoisotopic (exact) mass is 1600 g/mol. The summed E-state index contributed by atoms with van der Waals surface area (Å²) in [7, 11) is 1.60. The number of aliphatic hydroxyl groups excluding tert-OH is 3. The van der Waals surface area contributed by atoms with Crippen molar-refractivity contribution in [1.29, 1.82) is 0 Å². The lowest BCUT2D eigenvalue weighted by Gasteiger charge is -2.39. The number of β-amino-alcohol motifs (C(OH)–C–C–N with tert-alkyl or cyclic N) is 3. The smallest absolute Gasteiger partial charge is 0.408 e. The molecule has 11 rings (SSSR count). The summed E-state index contributed by atoms with van der Waals surface area (Å²) in [6.07, 6.45) is -1.88. The van der Waals surface area contributed by atoms with Gasteiger partial charge >= 0.3 is 6.09 Å². The third kappa shape index (κ3) is 21.8. The predicted octanol–water partition coefficient (Wildman–Crippen LogP) is 9.60. The summed E-state index contributed by atoms with van der Waals surface area (Å²) < 4.78 is 5.14. The zero-order valence-electron chi connectivity index (χ0n) is 67.4. The van der Waals surface area contributed by atoms with E-state index in [9.17, 15) is 63.3 Å². The van der Waals surface area contributed by atoms with Gasteiger partial charge in [0.2, 0.25) is 41.4 Å². The number of amides is 9. The van der Waals surface area contributed by atoms with Crippen molar-refractivity contribution in [3.8, 4) is 31.3 Å². The molecule has 3 fully saturated rings. The number of hydrogen-bond acceptors (Lipinski definition) is 20. The van der Waals surface area contributed by atoms with Gasteiger partial charge in [0.1, 0.15) is 41.9 Å². The van der Waals surface area contributed by atoms with Gasteiger partial charge in [-0.3, -0.25) is 43.2 Å². The van der Waals surface area contributed by atoms with Crippen LogP contribution in [0.1, 0.15) is 158 Å². The fourth-order valence-electron chi connectivity index (χ4n) is 14.7. The Balaban J connectivity index is 0.000000196. The molecule has 7 heterocycles. The third-order valence-electron chi connectivity index (χ3n) is 20.7. The van der Waals surface area contributed by atoms with E-state index in [-0.39, 0.29) is 111 Å². The Morgan fingerprint density at radius 1 is 0.619 bits per heavy atom. The highest BCUT2D eigenvalue weighted by Crippen LogP contribution is 2.37. The van der Waals surface area contributed by atoms with Crippen LogP contribution in [-0.4, -0.2) is 207 Å². The number of carbonyl (C=O) groups excluding carboxylic acids is 10. The molecule has 0 aliphatic carbocycles. The zero-order valence-corrected chi connectivity index (χ0v) is 69.8. The number of carbonyl (C=O) groups is 10. The maximum Gasteiger partial charge on any atom is 0.408 e. The van der Waals surface area contributed by atoms with E-state index in [0.29, 0.717) is 25.1 Å². The summed E-state index contributed by atoms with van der Waals surface area (Å²) in [6.45, 7) is 27.7. The van der Waals surface area contributed by atoms with Crippen molar-refractivity contribution in [1.82, 2.24) is 60.7 Å². The predicted molar refractivity (Wildman–Crippen MR) is 435 cm³/mol. The number of ether oxygens (including phenoxy) is 1. The molecular formula is C84H108N12O14S3. The molecule has 3 aromatic heterocycles. The van der Waals surface area contributed by atoms with Crippen LogP contribution in [0.4, 0.5) is 4.79 Å². The highest BCUT2D eigenvalue weighted by molar-refractivity contribution is 7.14. The minimum atomic E-state index is -1.24. The lowest BCUT2D eigenvalue weighted by Crippen LogP contribution is -2.60. The van der Waals surface area contributed by atoms with Gasteiger partial charge in [0.25, 0.3) is 5.91 Å². The quantitative estimate of drug-likeness (QED) is 0.0313. The summed E-state index contributed by atoms with van der Waals surface area (Å²) in [4.78, 5) is 154. The molecule has 9 amide bonds. The number of likely N-dealkylation sites (tertiary alicyclic amines) is 3. The van der Waals surface area contributed by atoms with Crippen LogP contribution in [0.5, 0.6) is 0 Å². The largest absolute Gasteiger partial charge is 0.444 e. The summed E-state index contributed by atoms with van der Waals surface area (Å²) in [5.41, 5.74) is 13.3. The Morgan fingerprint density at radius 3 is 1.57 bits per heavy atom. The summed E-state index contributed by atoms with van der Waals surface area (Å²) in [5, 5.41) is 42.1. The number of likely N-dealkylation sites (N-methyl/N-ethyl adjacent to an activating group) is 1. The number of alkyl carbamates (subject to hydrolysis) is 1. The first-order chi connectivity index (χ1) is 53.2. The first kappa shape index (κ1) is 87.3. The second-order valence-corrected chi connectivity index (χ2v) is 35.0. The number of aromatic nitrogens is 3. The lowest BCUT2D eigenvalue weighted by atomic mass is 9.85. The Morgan fingerprint density at radius 2 is 1.11 bits per heavy atom. The maximum atomic E-state index is 14.0. The van der Waals surface area contributed by atoms with E-state index in [1.165, 1.54) is 26.5 Å². The minimum absolute atomic E-state index is 0.0293. The SMILES string of the molecule is CC(=O)N(C)[C@H](C(=O)N1C[C@H](O)C[C@H]1C(=O)CCc1ccc(-c2scnc2C)cc1)C(C)C.Cc1ncsc1-c1ccc(CNC(=O)C2(C)C[C@@H](O)CN2C(=O)[C@H](C(C)C)N2Cc3ccccc3C2=O)cc1.Cc1ncsc1-c1ccc(CNC(=O)[C@@H]2C[C@@H](O)CN2C(=O)[C@@H](NC(=O)CNC(=O)OC(C)(C)C)C(C)(C)C)cc1. The molecule has 4 aromatic carbocycles. The molecule has 4 aliphatic heterocycles. The maximum absolute atomic E-state index is 14.0. The van der Waals surface area contributed by atoms with Gasteiger partial charge in [-0.15, -0.1) is 34.0 Å². The van der Waals surface area contributed by atoms with E-state index in [4.69, 9.17) is 4.74 Å². The molecule has 7 aromatic rings. The van der Waals surface area contributed by atoms with Gasteiger partial charge in [-0.1, -0.05) is 139 Å². The molecule has 0 bridgehead atoms. The molecule has 1 unspecified atom stereocenters. The lowest BCUT2D eigenvalue weighted by molar-refractivity contribution is -0.148. The zero-order chi connectivity index (χ0) is 82.7. The van der Waals surface area contributed by atoms with E-state index in [0.717, 1.165) is 70.7 Å². The fraction of sp³-hybridized carbons (Fsp3) is 0.488. The molecule has 26 nitrogen and oxygen atoms in total. The number of aliphatic hydroxyl groups is 3. The molecule has 0 saturated carbocycles. The van der Waals surface area contributed by atoms with Crippen LogP contribution in [0.3, 0.4) is 0 Å². The van der Waals surface area contributed by atoms with E-state index < -0.39 is 83.0 Å². The van der Waals surface area contributed by atoms with E-state index >= 15 is 0 Å². The van der Waals surface area contributed by atoms with Gasteiger partial charge in [-0.05, 0) is 117 Å². The second kappa shape index (κ2) is 37.5. The molecular weight excluding hydrogens is 1500 g/mol. The van der Waals surface area contributed by atoms with E-state index in [1.807, 2.05) is 150 Å². The molecule has 29 heteroatoms. The van der Waals surface area contributed by atoms with Crippen LogP contribution in [0.25, 0.3) is 31.3 Å². The Kier molecular flexibility index (Phi) is 29.0. The molecule has 0 spiro atoms. The van der Waals surface area contributed by atoms with Crippen molar-refractivity contribution in [2.24, 2.45) is 17.3 Å². The minimum Gasteiger partial charge on any atom is -0.444 e. The highest BCUT2D eigenvalue weighted by atomic mass is 32.1. The molecule has 3 saturated heterocycles. The molecule has 113 heavy (non-hydrogen) atoms. The van der Waals surface area contributed by atoms with Crippen LogP contribution in [0.15, 0.2) is 114 Å². The second-order valence-electron chi connectivity index (χ2n) is 32.5. The third-order valence-corrected chi connectivity index (χ3v) is 23.7. The molecule has 0 radical (unpaired) electrons. The van der Waals surface area contributed by atoms with Crippen LogP contribution in [0, 0.1) is 38.0 Å². The Bertz CT molecular complexity index is 4550. The van der Waals surface area contributed by atoms with Gasteiger partial charge < -0.3 is 65.8 Å². The molecule has 606 valence electrons. The number of ketones is 1. The van der Waals surface area contributed by atoms with Crippen molar-refractivity contribution < 1.29 is 68.0 Å². The number of thiazole rings is 3. The van der Waals surface area contributed by atoms with Crippen molar-refractivity contribution in [3.05, 3.63) is 158 Å². The van der Waals surface area contributed by atoms with Crippen molar-refractivity contribution >= 4 is 93.1 Å². The van der Waals surface area contributed by atoms with Crippen LogP contribution in [0.2, 0.25) is 0 Å². The standard InChI is InChI=1S/C30H34N4O4S.C29H41N5O6S.C25H33N3O4S/c1-18(2)25(33-15-22-7-5-6-8-24(22)27(33)36)28(37)34-16-23(35)13-30(34,4)29(38)31-14-20-9-11-21(12-10-20)26-19(3)32-17-39-26;1-17-23(41-16-32-17)19-10-8-18(9-11-19)13-30-25(37)21-12-20(35)15-34(21)26(38)24(28(2,3)4)33-22(36)14-31-27(39)40-29(5,6)7;1-15(2)23(27(5)17(4)29)25(32)28-13-20(30)12-21(28)22(31)11-8-18-6-9-19(10-7-18)24-16(3)26-14-33-24/h5-12,17-18,23,25,35H,13-16H2,1-4H3,(H,31,38);8-11,16,20-21,24,35H,12-15H2,1-7H3,(H,30,37)(H,31,39)(H,33,36);6-7,9-10,14-15,20-21,23,30H,8,11-13H2,1-5H3/t23-,25+,30?;20-,21+,24-;20-,21+,23+/m111/s1. The van der Waals surface area contributed by atoms with Crippen molar-refractivity contribution in [2.45, 2.75) is 215 Å². The molecule has 7 N–H and O–H groups in total. The topological polar surface area (TPSA) is 344 Å². The molecule has 9 atom stereocenters. The number of Topliss-reactive ketones (excluding diaryl/α,β-unsaturated/α-hetero) is 1. The van der Waals surface area contributed by atoms with Crippen LogP contribution < -0.4 is 21.3 Å². The first-order valence-corrected chi connectivity index (χ1v) is 40.8. The normalized spacial score (nSPS) is 19.5. The number of aryl methyl sites for hydroxylation is 4. The van der Waals surface area contributed by atoms with Crippen molar-refractivity contribution in [2.75, 3.05) is 33.2 Å². The number of nitrogens with zero attached hydrogens (tertiary/aromatic N) is 8. The van der Waals surface area contributed by atoms with Gasteiger partial charge in [0.15, 0.2) is 5.78 Å². The van der Waals surface area contributed by atoms with Gasteiger partial charge in [-0.2, -0.15) is 0 Å². The first-order valence-electron chi connectivity index (χ1n) is 38.2. The number of nitrogens with one attached hydrogen (secondary N) is 4. The van der Waals surface area contributed by atoms with Gasteiger partial charge in [0, 0.05) is 84.5 Å². The fourth-order valence-corrected chi connectivity index (χ4v) is 17.1. The van der Waals surface area contributed by atoms with Crippen LogP contribution in [-0.2, 0) is 69.1 Å². The summed E-state index contributed by atoms with van der Waals surface area (Å²) >= 11 is 4.76. The number of fused-ring (bicyclic) bond motifs is 1. The van der Waals surface area contributed by atoms with Gasteiger partial charge in [-0.25, -0.2) is 19.7 Å². The summed E-state index contributed by atoms with van der Waals surface area (Å²) in [5.74, 6) is -3.10. The Hall–Kier alpha value is -9.65. The number of rotatable bonds is 23. The average molecular weight is 1610 g/mol.